The quantitative estimate of drug-likeness (QED) is 0.874. The molecule has 18 heavy (non-hydrogen) atoms. The van der Waals surface area contributed by atoms with Gasteiger partial charge in [-0.05, 0) is 23.6 Å². The molecular weight excluding hydrogens is 222 g/mol. The molecule has 0 bridgehead atoms. The van der Waals surface area contributed by atoms with Crippen LogP contribution < -0.4 is 10.2 Å². The van der Waals surface area contributed by atoms with Crippen LogP contribution in [0.25, 0.3) is 0 Å². The first-order valence-corrected chi connectivity index (χ1v) is 6.93. The van der Waals surface area contributed by atoms with Crippen molar-refractivity contribution in [1.29, 1.82) is 0 Å². The second kappa shape index (κ2) is 6.21. The number of benzene rings is 1. The van der Waals surface area contributed by atoms with Crippen LogP contribution in [0.15, 0.2) is 18.2 Å². The van der Waals surface area contributed by atoms with E-state index in [1.165, 1.54) is 16.8 Å². The summed E-state index contributed by atoms with van der Waals surface area (Å²) in [7, 11) is 4.25. The van der Waals surface area contributed by atoms with Gasteiger partial charge in [0.05, 0.1) is 0 Å². The molecule has 0 radical (unpaired) electrons. The van der Waals surface area contributed by atoms with Crippen molar-refractivity contribution in [2.45, 2.75) is 19.9 Å². The van der Waals surface area contributed by atoms with Crippen molar-refractivity contribution < 1.29 is 0 Å². The van der Waals surface area contributed by atoms with Crippen LogP contribution in [-0.2, 0) is 13.0 Å². The Bertz CT molecular complexity index is 381. The SMILES string of the molecule is CCc1ccc(N(C)C)c(CN2CCNCC2)c1. The van der Waals surface area contributed by atoms with Crippen molar-refractivity contribution in [3.8, 4) is 0 Å². The number of hydrogen-bond donors (Lipinski definition) is 1. The van der Waals surface area contributed by atoms with E-state index in [-0.39, 0.29) is 0 Å². The topological polar surface area (TPSA) is 18.5 Å². The van der Waals surface area contributed by atoms with E-state index in [1.54, 1.807) is 0 Å². The minimum atomic E-state index is 1.07. The molecule has 100 valence electrons. The molecule has 1 N–H and O–H groups in total. The van der Waals surface area contributed by atoms with E-state index >= 15 is 0 Å². The summed E-state index contributed by atoms with van der Waals surface area (Å²) in [5, 5.41) is 3.41. The average molecular weight is 247 g/mol. The highest BCUT2D eigenvalue weighted by Crippen LogP contribution is 2.22. The van der Waals surface area contributed by atoms with Crippen LogP contribution in [0.5, 0.6) is 0 Å². The fourth-order valence-corrected chi connectivity index (χ4v) is 2.53. The van der Waals surface area contributed by atoms with Gasteiger partial charge in [-0.3, -0.25) is 4.90 Å². The molecule has 3 nitrogen and oxygen atoms in total. The summed E-state index contributed by atoms with van der Waals surface area (Å²) in [5.41, 5.74) is 4.25. The number of hydrogen-bond acceptors (Lipinski definition) is 3. The summed E-state index contributed by atoms with van der Waals surface area (Å²) in [4.78, 5) is 4.76. The van der Waals surface area contributed by atoms with Crippen LogP contribution in [0.3, 0.4) is 0 Å². The van der Waals surface area contributed by atoms with Crippen LogP contribution in [0.4, 0.5) is 5.69 Å². The Labute approximate surface area is 111 Å². The lowest BCUT2D eigenvalue weighted by Gasteiger charge is -2.29. The minimum Gasteiger partial charge on any atom is -0.377 e. The first kappa shape index (κ1) is 13.4. The highest BCUT2D eigenvalue weighted by atomic mass is 15.2. The van der Waals surface area contributed by atoms with Crippen molar-refractivity contribution in [3.05, 3.63) is 29.3 Å². The lowest BCUT2D eigenvalue weighted by atomic mass is 10.1. The summed E-state index contributed by atoms with van der Waals surface area (Å²) in [6.07, 6.45) is 1.11. The molecule has 1 aromatic rings. The van der Waals surface area contributed by atoms with Crippen molar-refractivity contribution >= 4 is 5.69 Å². The number of anilines is 1. The summed E-state index contributed by atoms with van der Waals surface area (Å²) >= 11 is 0. The Kier molecular flexibility index (Phi) is 4.61. The molecule has 1 aliphatic rings. The largest absolute Gasteiger partial charge is 0.377 e. The van der Waals surface area contributed by atoms with Crippen LogP contribution in [0.2, 0.25) is 0 Å². The van der Waals surface area contributed by atoms with E-state index in [1.807, 2.05) is 0 Å². The van der Waals surface area contributed by atoms with Gasteiger partial charge in [0, 0.05) is 52.5 Å². The highest BCUT2D eigenvalue weighted by Gasteiger charge is 2.13. The normalized spacial score (nSPS) is 16.8. The second-order valence-corrected chi connectivity index (χ2v) is 5.24. The molecule has 0 saturated carbocycles. The van der Waals surface area contributed by atoms with Gasteiger partial charge in [0.2, 0.25) is 0 Å². The number of piperazine rings is 1. The third-order valence-corrected chi connectivity index (χ3v) is 3.64. The van der Waals surface area contributed by atoms with E-state index in [0.29, 0.717) is 0 Å². The number of rotatable bonds is 4. The molecule has 0 atom stereocenters. The van der Waals surface area contributed by atoms with Gasteiger partial charge < -0.3 is 10.2 Å². The van der Waals surface area contributed by atoms with Gasteiger partial charge in [-0.2, -0.15) is 0 Å². The fourth-order valence-electron chi connectivity index (χ4n) is 2.53. The van der Waals surface area contributed by atoms with Gasteiger partial charge in [0.1, 0.15) is 0 Å². The maximum atomic E-state index is 3.41. The number of nitrogens with zero attached hydrogens (tertiary/aromatic N) is 2. The first-order chi connectivity index (χ1) is 8.70. The summed E-state index contributed by atoms with van der Waals surface area (Å²) in [6, 6.07) is 6.88. The van der Waals surface area contributed by atoms with Gasteiger partial charge in [-0.15, -0.1) is 0 Å². The van der Waals surface area contributed by atoms with Gasteiger partial charge in [-0.25, -0.2) is 0 Å². The molecule has 0 spiro atoms. The Balaban J connectivity index is 2.17. The van der Waals surface area contributed by atoms with Crippen LogP contribution in [-0.4, -0.2) is 45.2 Å². The molecule has 3 heteroatoms. The summed E-state index contributed by atoms with van der Waals surface area (Å²) in [5.74, 6) is 0. The molecular formula is C15H25N3. The van der Waals surface area contributed by atoms with Crippen LogP contribution in [0.1, 0.15) is 18.1 Å². The van der Waals surface area contributed by atoms with Crippen LogP contribution in [0, 0.1) is 0 Å². The van der Waals surface area contributed by atoms with Gasteiger partial charge >= 0.3 is 0 Å². The van der Waals surface area contributed by atoms with E-state index < -0.39 is 0 Å². The molecule has 2 rings (SSSR count). The molecule has 0 unspecified atom stereocenters. The lowest BCUT2D eigenvalue weighted by molar-refractivity contribution is 0.233. The third-order valence-electron chi connectivity index (χ3n) is 3.64. The Hall–Kier alpha value is -1.06. The number of nitrogens with one attached hydrogen (secondary N) is 1. The fraction of sp³-hybridized carbons (Fsp3) is 0.600. The maximum Gasteiger partial charge on any atom is 0.0406 e. The summed E-state index contributed by atoms with van der Waals surface area (Å²) in [6.45, 7) is 7.84. The lowest BCUT2D eigenvalue weighted by Crippen LogP contribution is -2.43. The highest BCUT2D eigenvalue weighted by molar-refractivity contribution is 5.54. The molecule has 0 amide bonds. The molecule has 0 aromatic heterocycles. The maximum absolute atomic E-state index is 3.41. The zero-order valence-corrected chi connectivity index (χ0v) is 11.9. The second-order valence-electron chi connectivity index (χ2n) is 5.24. The van der Waals surface area contributed by atoms with Gasteiger partial charge in [0.25, 0.3) is 0 Å². The van der Waals surface area contributed by atoms with Crippen molar-refractivity contribution in [2.24, 2.45) is 0 Å². The zero-order valence-electron chi connectivity index (χ0n) is 11.9. The number of aryl methyl sites for hydroxylation is 1. The molecule has 1 aromatic carbocycles. The van der Waals surface area contributed by atoms with E-state index in [2.05, 4.69) is 54.3 Å². The van der Waals surface area contributed by atoms with E-state index in [9.17, 15) is 0 Å². The Morgan fingerprint density at radius 3 is 2.56 bits per heavy atom. The zero-order chi connectivity index (χ0) is 13.0. The third kappa shape index (κ3) is 3.24. The van der Waals surface area contributed by atoms with Crippen molar-refractivity contribution in [3.63, 3.8) is 0 Å². The predicted molar refractivity (Wildman–Crippen MR) is 78.3 cm³/mol. The molecule has 1 heterocycles. The van der Waals surface area contributed by atoms with Crippen molar-refractivity contribution in [1.82, 2.24) is 10.2 Å². The van der Waals surface area contributed by atoms with Crippen molar-refractivity contribution in [2.75, 3.05) is 45.2 Å². The van der Waals surface area contributed by atoms with E-state index in [0.717, 1.165) is 39.1 Å². The standard InChI is InChI=1S/C15H25N3/c1-4-13-5-6-15(17(2)3)14(11-13)12-18-9-7-16-8-10-18/h5-6,11,16H,4,7-10,12H2,1-3H3. The predicted octanol–water partition coefficient (Wildman–Crippen LogP) is 1.72. The van der Waals surface area contributed by atoms with Crippen LogP contribution >= 0.6 is 0 Å². The molecule has 1 saturated heterocycles. The average Bonchev–Trinajstić information content (AvgIpc) is 2.39. The Morgan fingerprint density at radius 2 is 1.94 bits per heavy atom. The van der Waals surface area contributed by atoms with Gasteiger partial charge in [0.15, 0.2) is 0 Å². The molecule has 1 fully saturated rings. The monoisotopic (exact) mass is 247 g/mol. The minimum absolute atomic E-state index is 1.07. The smallest absolute Gasteiger partial charge is 0.0406 e. The first-order valence-electron chi connectivity index (χ1n) is 6.93. The molecule has 1 aliphatic heterocycles. The molecule has 0 aliphatic carbocycles. The van der Waals surface area contributed by atoms with E-state index in [4.69, 9.17) is 0 Å². The Morgan fingerprint density at radius 1 is 1.22 bits per heavy atom. The van der Waals surface area contributed by atoms with Gasteiger partial charge in [-0.1, -0.05) is 19.1 Å². The summed E-state index contributed by atoms with van der Waals surface area (Å²) < 4.78 is 0.